The van der Waals surface area contributed by atoms with E-state index in [1.807, 2.05) is 24.3 Å². The number of fused-ring (bicyclic) bond motifs is 6. The van der Waals surface area contributed by atoms with Crippen molar-refractivity contribution in [1.82, 2.24) is 19.1 Å². The van der Waals surface area contributed by atoms with Gasteiger partial charge >= 0.3 is 0 Å². The minimum absolute atomic E-state index is 0.699. The molecule has 262 valence electrons. The van der Waals surface area contributed by atoms with Crippen molar-refractivity contribution in [3.05, 3.63) is 206 Å². The second-order valence-corrected chi connectivity index (χ2v) is 14.2. The van der Waals surface area contributed by atoms with Gasteiger partial charge in [0, 0.05) is 43.9 Å². The molecule has 4 nitrogen and oxygen atoms in total. The Morgan fingerprint density at radius 2 is 0.893 bits per heavy atom. The number of hydrogen-bond donors (Lipinski definition) is 0. The van der Waals surface area contributed by atoms with Gasteiger partial charge in [-0.3, -0.25) is 0 Å². The molecule has 11 aromatic rings. The molecule has 0 aliphatic rings. The molecule has 0 amide bonds. The van der Waals surface area contributed by atoms with Crippen molar-refractivity contribution in [2.45, 2.75) is 0 Å². The van der Waals surface area contributed by atoms with Crippen LogP contribution < -0.4 is 0 Å². The Morgan fingerprint density at radius 3 is 1.68 bits per heavy atom. The first-order valence-electron chi connectivity index (χ1n) is 19.0. The lowest BCUT2D eigenvalue weighted by Gasteiger charge is -2.15. The minimum atomic E-state index is 0.699. The highest BCUT2D eigenvalue weighted by molar-refractivity contribution is 6.17. The van der Waals surface area contributed by atoms with Crippen LogP contribution in [-0.2, 0) is 0 Å². The van der Waals surface area contributed by atoms with E-state index in [1.165, 1.54) is 43.7 Å². The molecule has 0 unspecified atom stereocenters. The van der Waals surface area contributed by atoms with Gasteiger partial charge in [-0.1, -0.05) is 152 Å². The first-order chi connectivity index (χ1) is 27.8. The van der Waals surface area contributed by atoms with Crippen LogP contribution in [0.15, 0.2) is 206 Å². The van der Waals surface area contributed by atoms with Gasteiger partial charge in [-0.15, -0.1) is 0 Å². The predicted molar refractivity (Wildman–Crippen MR) is 232 cm³/mol. The molecular formula is C52H34N4. The molecule has 0 fully saturated rings. The molecule has 0 spiro atoms. The van der Waals surface area contributed by atoms with Crippen molar-refractivity contribution in [2.24, 2.45) is 0 Å². The molecule has 0 aliphatic heterocycles. The monoisotopic (exact) mass is 714 g/mol. The van der Waals surface area contributed by atoms with Crippen LogP contribution in [0.4, 0.5) is 0 Å². The van der Waals surface area contributed by atoms with Crippen LogP contribution in [0.5, 0.6) is 0 Å². The predicted octanol–water partition coefficient (Wildman–Crippen LogP) is 13.3. The van der Waals surface area contributed by atoms with E-state index in [0.29, 0.717) is 5.82 Å². The summed E-state index contributed by atoms with van der Waals surface area (Å²) in [7, 11) is 0. The maximum atomic E-state index is 5.25. The zero-order valence-electron chi connectivity index (χ0n) is 30.4. The number of hydrogen-bond acceptors (Lipinski definition) is 2. The summed E-state index contributed by atoms with van der Waals surface area (Å²) in [4.78, 5) is 10.3. The normalized spacial score (nSPS) is 11.6. The van der Waals surface area contributed by atoms with Crippen LogP contribution >= 0.6 is 0 Å². The van der Waals surface area contributed by atoms with Gasteiger partial charge in [-0.25, -0.2) is 9.97 Å². The molecule has 0 atom stereocenters. The Hall–Kier alpha value is -7.56. The number of rotatable bonds is 6. The molecule has 0 radical (unpaired) electrons. The topological polar surface area (TPSA) is 35.6 Å². The van der Waals surface area contributed by atoms with Crippen LogP contribution in [0.1, 0.15) is 0 Å². The van der Waals surface area contributed by atoms with Gasteiger partial charge in [0.25, 0.3) is 0 Å². The largest absolute Gasteiger partial charge is 0.309 e. The van der Waals surface area contributed by atoms with Crippen LogP contribution in [-0.4, -0.2) is 19.1 Å². The van der Waals surface area contributed by atoms with Crippen molar-refractivity contribution in [1.29, 1.82) is 0 Å². The highest BCUT2D eigenvalue weighted by Crippen LogP contribution is 2.42. The third kappa shape index (κ3) is 5.15. The van der Waals surface area contributed by atoms with Gasteiger partial charge in [0.1, 0.15) is 0 Å². The van der Waals surface area contributed by atoms with Crippen molar-refractivity contribution >= 4 is 43.6 Å². The van der Waals surface area contributed by atoms with Gasteiger partial charge in [0.05, 0.1) is 39.1 Å². The number of benzene rings is 8. The summed E-state index contributed by atoms with van der Waals surface area (Å²) < 4.78 is 4.78. The molecule has 0 bridgehead atoms. The van der Waals surface area contributed by atoms with E-state index < -0.39 is 0 Å². The van der Waals surface area contributed by atoms with E-state index in [0.717, 1.165) is 50.5 Å². The molecule has 3 aromatic heterocycles. The Labute approximate surface area is 324 Å². The quantitative estimate of drug-likeness (QED) is 0.172. The fourth-order valence-corrected chi connectivity index (χ4v) is 8.46. The molecule has 11 rings (SSSR count). The van der Waals surface area contributed by atoms with Gasteiger partial charge < -0.3 is 9.13 Å². The lowest BCUT2D eigenvalue weighted by molar-refractivity contribution is 1.15. The molecule has 56 heavy (non-hydrogen) atoms. The van der Waals surface area contributed by atoms with Gasteiger partial charge in [0.2, 0.25) is 0 Å². The molecule has 0 saturated heterocycles. The van der Waals surface area contributed by atoms with Gasteiger partial charge in [0.15, 0.2) is 5.82 Å². The average molecular weight is 715 g/mol. The Morgan fingerprint density at radius 1 is 0.321 bits per heavy atom. The van der Waals surface area contributed by atoms with Crippen molar-refractivity contribution < 1.29 is 0 Å². The standard InChI is InChI=1S/C52H34N4/c1-4-17-35(18-5-1)44-34-45(54-52(53-44)36-19-6-2-7-20-36)41-24-11-14-28-47(41)56-48-29-15-12-25-42(48)51-39(26-16-30-50(51)56)37-31-32-49-43(33-37)40-23-10-13-27-46(40)55(49)38-21-8-3-9-22-38/h1-34H. The van der Waals surface area contributed by atoms with Crippen LogP contribution in [0, 0.1) is 0 Å². The van der Waals surface area contributed by atoms with E-state index in [9.17, 15) is 0 Å². The Balaban J connectivity index is 1.14. The maximum absolute atomic E-state index is 5.25. The first-order valence-corrected chi connectivity index (χ1v) is 19.0. The van der Waals surface area contributed by atoms with E-state index in [4.69, 9.17) is 9.97 Å². The fourth-order valence-electron chi connectivity index (χ4n) is 8.46. The van der Waals surface area contributed by atoms with E-state index in [2.05, 4.69) is 191 Å². The van der Waals surface area contributed by atoms with Gasteiger partial charge in [-0.05, 0) is 65.7 Å². The maximum Gasteiger partial charge on any atom is 0.160 e. The molecule has 4 heteroatoms. The molecule has 3 heterocycles. The third-order valence-electron chi connectivity index (χ3n) is 10.9. The number of nitrogens with zero attached hydrogens (tertiary/aromatic N) is 4. The number of para-hydroxylation sites is 4. The van der Waals surface area contributed by atoms with Gasteiger partial charge in [-0.2, -0.15) is 0 Å². The Kier molecular flexibility index (Phi) is 7.46. The second-order valence-electron chi connectivity index (χ2n) is 14.2. The smallest absolute Gasteiger partial charge is 0.160 e. The zero-order valence-corrected chi connectivity index (χ0v) is 30.4. The lowest BCUT2D eigenvalue weighted by Crippen LogP contribution is -2.00. The molecule has 8 aromatic carbocycles. The molecular weight excluding hydrogens is 681 g/mol. The van der Waals surface area contributed by atoms with E-state index >= 15 is 0 Å². The lowest BCUT2D eigenvalue weighted by atomic mass is 9.98. The molecule has 0 aliphatic carbocycles. The average Bonchev–Trinajstić information content (AvgIpc) is 3.80. The number of aromatic nitrogens is 4. The van der Waals surface area contributed by atoms with Crippen molar-refractivity contribution in [2.75, 3.05) is 0 Å². The SMILES string of the molecule is c1ccc(-c2cc(-c3ccccc3-n3c4ccccc4c4c(-c5ccc6c(c5)c5ccccc5n6-c5ccccc5)cccc43)nc(-c3ccccc3)n2)cc1. The van der Waals surface area contributed by atoms with E-state index in [1.54, 1.807) is 0 Å². The molecule has 0 N–H and O–H groups in total. The second kappa shape index (κ2) is 13.1. The highest BCUT2D eigenvalue weighted by Gasteiger charge is 2.21. The highest BCUT2D eigenvalue weighted by atomic mass is 15.0. The van der Waals surface area contributed by atoms with Crippen LogP contribution in [0.2, 0.25) is 0 Å². The third-order valence-corrected chi connectivity index (χ3v) is 10.9. The summed E-state index contributed by atoms with van der Waals surface area (Å²) in [6.07, 6.45) is 0. The minimum Gasteiger partial charge on any atom is -0.309 e. The molecule has 0 saturated carbocycles. The summed E-state index contributed by atoms with van der Waals surface area (Å²) in [5.41, 5.74) is 14.1. The summed E-state index contributed by atoms with van der Waals surface area (Å²) in [5, 5.41) is 4.91. The van der Waals surface area contributed by atoms with Crippen molar-refractivity contribution in [3.63, 3.8) is 0 Å². The summed E-state index contributed by atoms with van der Waals surface area (Å²) in [6.45, 7) is 0. The fraction of sp³-hybridized carbons (Fsp3) is 0. The Bertz CT molecular complexity index is 3170. The summed E-state index contributed by atoms with van der Waals surface area (Å²) in [6, 6.07) is 73.2. The first kappa shape index (κ1) is 31.9. The zero-order chi connectivity index (χ0) is 37.0. The van der Waals surface area contributed by atoms with Crippen molar-refractivity contribution in [3.8, 4) is 56.4 Å². The summed E-state index contributed by atoms with van der Waals surface area (Å²) in [5.74, 6) is 0.699. The van der Waals surface area contributed by atoms with E-state index in [-0.39, 0.29) is 0 Å². The van der Waals surface area contributed by atoms with Crippen LogP contribution in [0.3, 0.4) is 0 Å². The van der Waals surface area contributed by atoms with Crippen LogP contribution in [0.25, 0.3) is 100 Å². The summed E-state index contributed by atoms with van der Waals surface area (Å²) >= 11 is 0.